The van der Waals surface area contributed by atoms with Crippen molar-refractivity contribution in [1.82, 2.24) is 5.32 Å². The maximum Gasteiger partial charge on any atom is 0.220 e. The summed E-state index contributed by atoms with van der Waals surface area (Å²) >= 11 is 7.26. The summed E-state index contributed by atoms with van der Waals surface area (Å²) in [4.78, 5) is 12.7. The number of rotatable bonds is 7. The fourth-order valence-corrected chi connectivity index (χ4v) is 2.59. The molecule has 2 nitrogen and oxygen atoms in total. The molecule has 0 aromatic carbocycles. The van der Waals surface area contributed by atoms with Crippen molar-refractivity contribution in [3.63, 3.8) is 0 Å². The number of alkyl halides is 1. The van der Waals surface area contributed by atoms with Crippen molar-refractivity contribution in [2.75, 3.05) is 5.88 Å². The fraction of sp³-hybridized carbons (Fsp3) is 0.583. The van der Waals surface area contributed by atoms with Crippen LogP contribution in [0.1, 0.15) is 36.6 Å². The van der Waals surface area contributed by atoms with Crippen LogP contribution in [0.25, 0.3) is 0 Å². The Morgan fingerprint density at radius 2 is 2.31 bits per heavy atom. The highest BCUT2D eigenvalue weighted by Gasteiger charge is 2.05. The number of carbonyl (C=O) groups excluding carboxylic acids is 1. The molecule has 1 aromatic heterocycles. The van der Waals surface area contributed by atoms with Crippen LogP contribution in [-0.4, -0.2) is 11.8 Å². The molecule has 1 heterocycles. The molecule has 1 N–H and O–H groups in total. The average Bonchev–Trinajstić information content (AvgIpc) is 2.74. The first-order valence-corrected chi connectivity index (χ1v) is 7.07. The summed E-state index contributed by atoms with van der Waals surface area (Å²) in [5.41, 5.74) is 1.34. The van der Waals surface area contributed by atoms with Crippen molar-refractivity contribution >= 4 is 28.8 Å². The Bertz CT molecular complexity index is 325. The van der Waals surface area contributed by atoms with Crippen molar-refractivity contribution in [3.8, 4) is 0 Å². The molecule has 0 atom stereocenters. The van der Waals surface area contributed by atoms with Crippen molar-refractivity contribution < 1.29 is 4.79 Å². The molecular formula is C12H18ClNOS. The van der Waals surface area contributed by atoms with Gasteiger partial charge >= 0.3 is 0 Å². The van der Waals surface area contributed by atoms with E-state index in [2.05, 4.69) is 23.7 Å². The molecule has 90 valence electrons. The zero-order valence-corrected chi connectivity index (χ0v) is 11.2. The number of hydrogen-bond donors (Lipinski definition) is 1. The van der Waals surface area contributed by atoms with Gasteiger partial charge in [0.2, 0.25) is 5.91 Å². The van der Waals surface area contributed by atoms with Crippen LogP contribution in [0.5, 0.6) is 0 Å². The molecule has 0 radical (unpaired) electrons. The molecule has 16 heavy (non-hydrogen) atoms. The third-order valence-corrected chi connectivity index (χ3v) is 3.68. The molecule has 1 rings (SSSR count). The van der Waals surface area contributed by atoms with E-state index in [4.69, 9.17) is 11.6 Å². The second-order valence-electron chi connectivity index (χ2n) is 3.65. The molecule has 0 fully saturated rings. The molecular weight excluding hydrogens is 242 g/mol. The summed E-state index contributed by atoms with van der Waals surface area (Å²) in [5, 5.41) is 5.02. The summed E-state index contributed by atoms with van der Waals surface area (Å²) < 4.78 is 0. The summed E-state index contributed by atoms with van der Waals surface area (Å²) in [6, 6.07) is 2.12. The third-order valence-electron chi connectivity index (χ3n) is 2.45. The number of hydrogen-bond acceptors (Lipinski definition) is 2. The van der Waals surface area contributed by atoms with Crippen LogP contribution < -0.4 is 5.32 Å². The van der Waals surface area contributed by atoms with Crippen molar-refractivity contribution in [3.05, 3.63) is 21.9 Å². The topological polar surface area (TPSA) is 29.1 Å². The van der Waals surface area contributed by atoms with Crippen LogP contribution in [0.2, 0.25) is 0 Å². The molecule has 0 aliphatic rings. The van der Waals surface area contributed by atoms with E-state index in [0.717, 1.165) is 19.3 Å². The Morgan fingerprint density at radius 3 is 3.00 bits per heavy atom. The van der Waals surface area contributed by atoms with Crippen LogP contribution in [0, 0.1) is 0 Å². The van der Waals surface area contributed by atoms with Gasteiger partial charge < -0.3 is 5.32 Å². The largest absolute Gasteiger partial charge is 0.351 e. The van der Waals surface area contributed by atoms with Crippen molar-refractivity contribution in [1.29, 1.82) is 0 Å². The molecule has 0 saturated carbocycles. The molecule has 1 amide bonds. The maximum atomic E-state index is 11.5. The zero-order valence-electron chi connectivity index (χ0n) is 9.59. The van der Waals surface area contributed by atoms with Crippen LogP contribution in [-0.2, 0) is 17.8 Å². The monoisotopic (exact) mass is 259 g/mol. The minimum absolute atomic E-state index is 0.126. The number of carbonyl (C=O) groups is 1. The maximum absolute atomic E-state index is 11.5. The van der Waals surface area contributed by atoms with Crippen LogP contribution >= 0.6 is 22.9 Å². The predicted octanol–water partition coefficient (Wildman–Crippen LogP) is 3.34. The lowest BCUT2D eigenvalue weighted by Crippen LogP contribution is -2.22. The lowest BCUT2D eigenvalue weighted by atomic mass is 10.2. The van der Waals surface area contributed by atoms with Gasteiger partial charge in [-0.2, -0.15) is 0 Å². The molecule has 0 bridgehead atoms. The second kappa shape index (κ2) is 7.69. The molecule has 0 saturated heterocycles. The summed E-state index contributed by atoms with van der Waals surface area (Å²) in [6.45, 7) is 2.80. The van der Waals surface area contributed by atoms with Gasteiger partial charge in [0.25, 0.3) is 0 Å². The van der Waals surface area contributed by atoms with Gasteiger partial charge in [-0.25, -0.2) is 0 Å². The number of thiophene rings is 1. The second-order valence-corrected chi connectivity index (χ2v) is 5.02. The first kappa shape index (κ1) is 13.5. The molecule has 0 spiro atoms. The van der Waals surface area contributed by atoms with Gasteiger partial charge in [0.15, 0.2) is 0 Å². The Balaban J connectivity index is 2.26. The first-order chi connectivity index (χ1) is 7.77. The van der Waals surface area contributed by atoms with E-state index in [1.54, 1.807) is 11.3 Å². The van der Waals surface area contributed by atoms with Gasteiger partial charge in [0, 0.05) is 17.2 Å². The standard InChI is InChI=1S/C12H18ClNOS/c1-2-10-6-8-16-11(10)9-14-12(15)5-3-4-7-13/h6,8H,2-5,7,9H2,1H3,(H,14,15). The minimum Gasteiger partial charge on any atom is -0.351 e. The lowest BCUT2D eigenvalue weighted by molar-refractivity contribution is -0.121. The van der Waals surface area contributed by atoms with E-state index in [9.17, 15) is 4.79 Å². The van der Waals surface area contributed by atoms with Gasteiger partial charge in [-0.05, 0) is 36.3 Å². The van der Waals surface area contributed by atoms with E-state index in [1.807, 2.05) is 0 Å². The Morgan fingerprint density at radius 1 is 1.50 bits per heavy atom. The van der Waals surface area contributed by atoms with Crippen LogP contribution in [0.3, 0.4) is 0 Å². The van der Waals surface area contributed by atoms with Gasteiger partial charge in [0.05, 0.1) is 6.54 Å². The van der Waals surface area contributed by atoms with Gasteiger partial charge in [-0.3, -0.25) is 4.79 Å². The highest BCUT2D eigenvalue weighted by atomic mass is 35.5. The lowest BCUT2D eigenvalue weighted by Gasteiger charge is -2.04. The fourth-order valence-electron chi connectivity index (χ4n) is 1.48. The number of aryl methyl sites for hydroxylation is 1. The molecule has 4 heteroatoms. The van der Waals surface area contributed by atoms with E-state index < -0.39 is 0 Å². The molecule has 0 aliphatic carbocycles. The quantitative estimate of drug-likeness (QED) is 0.591. The molecule has 1 aromatic rings. The van der Waals surface area contributed by atoms with Gasteiger partial charge in [-0.15, -0.1) is 22.9 Å². The SMILES string of the molecule is CCc1ccsc1CNC(=O)CCCCCl. The average molecular weight is 260 g/mol. The summed E-state index contributed by atoms with van der Waals surface area (Å²) in [7, 11) is 0. The van der Waals surface area contributed by atoms with Crippen molar-refractivity contribution in [2.24, 2.45) is 0 Å². The van der Waals surface area contributed by atoms with E-state index in [1.165, 1.54) is 10.4 Å². The van der Waals surface area contributed by atoms with Crippen LogP contribution in [0.4, 0.5) is 0 Å². The van der Waals surface area contributed by atoms with Crippen molar-refractivity contribution in [2.45, 2.75) is 39.2 Å². The number of nitrogens with one attached hydrogen (secondary N) is 1. The number of halogens is 1. The normalized spacial score (nSPS) is 10.4. The van der Waals surface area contributed by atoms with E-state index in [0.29, 0.717) is 18.8 Å². The Kier molecular flexibility index (Phi) is 6.50. The Hall–Kier alpha value is -0.540. The molecule has 0 unspecified atom stereocenters. The first-order valence-electron chi connectivity index (χ1n) is 5.65. The summed E-state index contributed by atoms with van der Waals surface area (Å²) in [5.74, 6) is 0.763. The number of amides is 1. The van der Waals surface area contributed by atoms with Gasteiger partial charge in [0.1, 0.15) is 0 Å². The highest BCUT2D eigenvalue weighted by molar-refractivity contribution is 7.10. The predicted molar refractivity (Wildman–Crippen MR) is 70.1 cm³/mol. The minimum atomic E-state index is 0.126. The van der Waals surface area contributed by atoms with E-state index in [-0.39, 0.29) is 5.91 Å². The highest BCUT2D eigenvalue weighted by Crippen LogP contribution is 2.16. The Labute approximate surface area is 106 Å². The van der Waals surface area contributed by atoms with Crippen LogP contribution in [0.15, 0.2) is 11.4 Å². The van der Waals surface area contributed by atoms with E-state index >= 15 is 0 Å². The van der Waals surface area contributed by atoms with Gasteiger partial charge in [-0.1, -0.05) is 6.92 Å². The third kappa shape index (κ3) is 4.54. The number of unbranched alkanes of at least 4 members (excludes halogenated alkanes) is 1. The smallest absolute Gasteiger partial charge is 0.220 e. The summed E-state index contributed by atoms with van der Waals surface area (Å²) in [6.07, 6.45) is 3.40. The zero-order chi connectivity index (χ0) is 11.8. The molecule has 0 aliphatic heterocycles.